The number of hydrogen-bond acceptors (Lipinski definition) is 4. The molecule has 1 unspecified atom stereocenters. The molecule has 3 rings (SSSR count). The summed E-state index contributed by atoms with van der Waals surface area (Å²) in [6, 6.07) is 10.1. The largest absolute Gasteiger partial charge is 0.347 e. The van der Waals surface area contributed by atoms with E-state index in [-0.39, 0.29) is 29.0 Å². The predicted molar refractivity (Wildman–Crippen MR) is 89.8 cm³/mol. The van der Waals surface area contributed by atoms with E-state index >= 15 is 0 Å². The average molecular weight is 336 g/mol. The lowest BCUT2D eigenvalue weighted by Crippen LogP contribution is -2.39. The molecule has 1 saturated carbocycles. The van der Waals surface area contributed by atoms with Crippen molar-refractivity contribution in [3.8, 4) is 0 Å². The van der Waals surface area contributed by atoms with Crippen LogP contribution in [0.25, 0.3) is 0 Å². The maximum absolute atomic E-state index is 12.3. The van der Waals surface area contributed by atoms with Gasteiger partial charge in [-0.05, 0) is 31.9 Å². The molecule has 23 heavy (non-hydrogen) atoms. The Labute approximate surface area is 138 Å². The molecular formula is C17H24N2O3S. The summed E-state index contributed by atoms with van der Waals surface area (Å²) in [7, 11) is -0.970. The Morgan fingerprint density at radius 2 is 2.00 bits per heavy atom. The number of rotatable bonds is 6. The van der Waals surface area contributed by atoms with Gasteiger partial charge in [-0.3, -0.25) is 4.79 Å². The molecule has 1 aromatic carbocycles. The van der Waals surface area contributed by atoms with Crippen LogP contribution >= 0.6 is 0 Å². The second kappa shape index (κ2) is 6.24. The fourth-order valence-electron chi connectivity index (χ4n) is 3.28. The molecular weight excluding hydrogens is 312 g/mol. The fraction of sp³-hybridized carbons (Fsp3) is 0.588. The highest BCUT2D eigenvalue weighted by Gasteiger charge is 2.45. The first kappa shape index (κ1) is 16.5. The average Bonchev–Trinajstić information content (AvgIpc) is 3.21. The van der Waals surface area contributed by atoms with Crippen molar-refractivity contribution in [2.45, 2.75) is 37.3 Å². The molecule has 5 nitrogen and oxygen atoms in total. The lowest BCUT2D eigenvalue weighted by molar-refractivity contribution is -0.122. The van der Waals surface area contributed by atoms with Crippen molar-refractivity contribution in [3.63, 3.8) is 0 Å². The van der Waals surface area contributed by atoms with E-state index < -0.39 is 9.84 Å². The Hall–Kier alpha value is -1.40. The Morgan fingerprint density at radius 3 is 2.57 bits per heavy atom. The second-order valence-corrected chi connectivity index (χ2v) is 9.01. The number of carbonyl (C=O) groups is 1. The van der Waals surface area contributed by atoms with Crippen molar-refractivity contribution in [3.05, 3.63) is 35.9 Å². The van der Waals surface area contributed by atoms with Gasteiger partial charge in [0.1, 0.15) is 0 Å². The van der Waals surface area contributed by atoms with Gasteiger partial charge in [-0.15, -0.1) is 0 Å². The molecule has 1 atom stereocenters. The van der Waals surface area contributed by atoms with Crippen LogP contribution in [0.1, 0.15) is 31.2 Å². The highest BCUT2D eigenvalue weighted by atomic mass is 32.2. The number of nitrogens with zero attached hydrogens (tertiary/aromatic N) is 1. The van der Waals surface area contributed by atoms with Crippen molar-refractivity contribution in [2.24, 2.45) is 0 Å². The molecule has 1 heterocycles. The molecule has 1 N–H and O–H groups in total. The van der Waals surface area contributed by atoms with Crippen LogP contribution in [0, 0.1) is 0 Å². The molecule has 0 spiro atoms. The number of amides is 1. The summed E-state index contributed by atoms with van der Waals surface area (Å²) in [5, 5.41) is 3.16. The lowest BCUT2D eigenvalue weighted by atomic mass is 10.0. The maximum atomic E-state index is 12.3. The van der Waals surface area contributed by atoms with E-state index in [9.17, 15) is 13.2 Å². The van der Waals surface area contributed by atoms with Gasteiger partial charge in [0, 0.05) is 19.0 Å². The summed E-state index contributed by atoms with van der Waals surface area (Å²) in [4.78, 5) is 14.3. The summed E-state index contributed by atoms with van der Waals surface area (Å²) in [5.41, 5.74) is 0.997. The molecule has 2 fully saturated rings. The van der Waals surface area contributed by atoms with Crippen LogP contribution in [0.5, 0.6) is 0 Å². The molecule has 1 saturated heterocycles. The molecule has 0 radical (unpaired) electrons. The Morgan fingerprint density at radius 1 is 1.30 bits per heavy atom. The van der Waals surface area contributed by atoms with Crippen molar-refractivity contribution in [2.75, 3.05) is 25.1 Å². The first-order valence-corrected chi connectivity index (χ1v) is 10.00. The third-order valence-corrected chi connectivity index (χ3v) is 6.73. The number of sulfone groups is 1. The second-order valence-electron chi connectivity index (χ2n) is 6.78. The molecule has 126 valence electrons. The molecule has 1 aliphatic carbocycles. The SMILES string of the molecule is CN(CCC(=O)NC1(c2ccccc2)CC1)C1CCS(=O)(=O)C1. The van der Waals surface area contributed by atoms with Crippen LogP contribution in [0.2, 0.25) is 0 Å². The van der Waals surface area contributed by atoms with Crippen molar-refractivity contribution in [1.82, 2.24) is 10.2 Å². The summed E-state index contributed by atoms with van der Waals surface area (Å²) < 4.78 is 23.1. The zero-order valence-electron chi connectivity index (χ0n) is 13.5. The molecule has 2 aliphatic rings. The van der Waals surface area contributed by atoms with Gasteiger partial charge in [0.15, 0.2) is 9.84 Å². The summed E-state index contributed by atoms with van der Waals surface area (Å²) in [5.74, 6) is 0.531. The molecule has 1 aliphatic heterocycles. The van der Waals surface area contributed by atoms with E-state index in [1.165, 1.54) is 5.56 Å². The quantitative estimate of drug-likeness (QED) is 0.850. The molecule has 1 aromatic rings. The van der Waals surface area contributed by atoms with Crippen molar-refractivity contribution >= 4 is 15.7 Å². The molecule has 6 heteroatoms. The highest BCUT2D eigenvalue weighted by Crippen LogP contribution is 2.45. The monoisotopic (exact) mass is 336 g/mol. The van der Waals surface area contributed by atoms with Gasteiger partial charge in [0.05, 0.1) is 17.0 Å². The topological polar surface area (TPSA) is 66.5 Å². The standard InChI is InChI=1S/C17H24N2O3S/c1-19(15-8-12-23(21,22)13-15)11-7-16(20)18-17(9-10-17)14-5-3-2-4-6-14/h2-6,15H,7-13H2,1H3,(H,18,20). The third-order valence-electron chi connectivity index (χ3n) is 4.98. The Balaban J connectivity index is 1.49. The van der Waals surface area contributed by atoms with E-state index in [0.29, 0.717) is 19.4 Å². The van der Waals surface area contributed by atoms with Crippen LogP contribution in [0.15, 0.2) is 30.3 Å². The van der Waals surface area contributed by atoms with Gasteiger partial charge in [-0.25, -0.2) is 8.42 Å². The van der Waals surface area contributed by atoms with E-state index in [4.69, 9.17) is 0 Å². The van der Waals surface area contributed by atoms with Crippen LogP contribution < -0.4 is 5.32 Å². The van der Waals surface area contributed by atoms with Crippen molar-refractivity contribution in [1.29, 1.82) is 0 Å². The first-order chi connectivity index (χ1) is 10.9. The van der Waals surface area contributed by atoms with Crippen LogP contribution in [0.3, 0.4) is 0 Å². The lowest BCUT2D eigenvalue weighted by Gasteiger charge is -2.24. The minimum absolute atomic E-state index is 0.0408. The zero-order valence-corrected chi connectivity index (χ0v) is 14.3. The number of hydrogen-bond donors (Lipinski definition) is 1. The van der Waals surface area contributed by atoms with Gasteiger partial charge in [-0.1, -0.05) is 30.3 Å². The Bertz CT molecular complexity index is 668. The van der Waals surface area contributed by atoms with Gasteiger partial charge >= 0.3 is 0 Å². The normalized spacial score (nSPS) is 24.5. The smallest absolute Gasteiger partial charge is 0.221 e. The highest BCUT2D eigenvalue weighted by molar-refractivity contribution is 7.91. The van der Waals surface area contributed by atoms with Gasteiger partial charge < -0.3 is 10.2 Å². The first-order valence-electron chi connectivity index (χ1n) is 8.17. The summed E-state index contributed by atoms with van der Waals surface area (Å²) >= 11 is 0. The van der Waals surface area contributed by atoms with E-state index in [1.807, 2.05) is 30.1 Å². The van der Waals surface area contributed by atoms with Crippen LogP contribution in [-0.2, 0) is 20.2 Å². The van der Waals surface area contributed by atoms with Crippen molar-refractivity contribution < 1.29 is 13.2 Å². The van der Waals surface area contributed by atoms with Gasteiger partial charge in [0.25, 0.3) is 0 Å². The minimum atomic E-state index is -2.88. The summed E-state index contributed by atoms with van der Waals surface area (Å²) in [6.45, 7) is 0.594. The molecule has 0 bridgehead atoms. The zero-order chi connectivity index (χ0) is 16.5. The Kier molecular flexibility index (Phi) is 4.47. The minimum Gasteiger partial charge on any atom is -0.347 e. The summed E-state index contributed by atoms with van der Waals surface area (Å²) in [6.07, 6.45) is 3.05. The van der Waals surface area contributed by atoms with Crippen LogP contribution in [-0.4, -0.2) is 50.4 Å². The van der Waals surface area contributed by atoms with E-state index in [0.717, 1.165) is 12.8 Å². The fourth-order valence-corrected chi connectivity index (χ4v) is 5.09. The third kappa shape index (κ3) is 3.93. The number of carbonyl (C=O) groups excluding carboxylic acids is 1. The van der Waals surface area contributed by atoms with Gasteiger partial charge in [0.2, 0.25) is 5.91 Å². The molecule has 1 amide bonds. The molecule has 0 aromatic heterocycles. The predicted octanol–water partition coefficient (Wildman–Crippen LogP) is 1.30. The number of benzene rings is 1. The van der Waals surface area contributed by atoms with E-state index in [2.05, 4.69) is 17.4 Å². The van der Waals surface area contributed by atoms with Crippen LogP contribution in [0.4, 0.5) is 0 Å². The number of nitrogens with one attached hydrogen (secondary N) is 1. The van der Waals surface area contributed by atoms with E-state index in [1.54, 1.807) is 0 Å². The maximum Gasteiger partial charge on any atom is 0.221 e. The van der Waals surface area contributed by atoms with Gasteiger partial charge in [-0.2, -0.15) is 0 Å².